The molecule has 7 heteroatoms. The number of H-pyrrole nitrogens is 1. The number of nitrogens with one attached hydrogen (secondary N) is 1. The van der Waals surface area contributed by atoms with Gasteiger partial charge in [0, 0.05) is 32.3 Å². The van der Waals surface area contributed by atoms with E-state index in [0.717, 1.165) is 10.0 Å². The first-order valence-corrected chi connectivity index (χ1v) is 7.92. The number of hydrogen-bond acceptors (Lipinski definition) is 4. The van der Waals surface area contributed by atoms with Gasteiger partial charge in [0.15, 0.2) is 5.82 Å². The summed E-state index contributed by atoms with van der Waals surface area (Å²) < 4.78 is 16.4. The number of benzene rings is 1. The van der Waals surface area contributed by atoms with Crippen molar-refractivity contribution in [1.29, 1.82) is 0 Å². The average molecular weight is 315 g/mol. The van der Waals surface area contributed by atoms with Gasteiger partial charge in [0.2, 0.25) is 0 Å². The molecular weight excluding hydrogens is 304 g/mol. The summed E-state index contributed by atoms with van der Waals surface area (Å²) in [6, 6.07) is 7.64. The summed E-state index contributed by atoms with van der Waals surface area (Å²) >= 11 is 3.36. The summed E-state index contributed by atoms with van der Waals surface area (Å²) in [4.78, 5) is 4.17. The first-order valence-electron chi connectivity index (χ1n) is 4.79. The minimum absolute atomic E-state index is 0.220. The molecule has 0 amide bonds. The van der Waals surface area contributed by atoms with E-state index in [4.69, 9.17) is 0 Å². The molecule has 2 aromatic rings. The number of halogens is 1. The molecule has 0 saturated heterocycles. The van der Waals surface area contributed by atoms with Crippen LogP contribution in [-0.4, -0.2) is 31.9 Å². The van der Waals surface area contributed by atoms with Gasteiger partial charge in [0.1, 0.15) is 0 Å². The summed E-state index contributed by atoms with van der Waals surface area (Å²) in [6.45, 7) is 0. The van der Waals surface area contributed by atoms with Crippen molar-refractivity contribution in [2.75, 3.05) is 12.5 Å². The van der Waals surface area contributed by atoms with Gasteiger partial charge in [0.05, 0.1) is 0 Å². The molecule has 5 nitrogen and oxygen atoms in total. The van der Waals surface area contributed by atoms with Gasteiger partial charge in [-0.05, 0) is 12.1 Å². The lowest BCUT2D eigenvalue weighted by Gasteiger charge is -1.94. The molecule has 0 atom stereocenters. The molecule has 2 rings (SSSR count). The molecule has 1 N–H and O–H groups in total. The summed E-state index contributed by atoms with van der Waals surface area (Å²) in [5.41, 5.74) is 0.904. The van der Waals surface area contributed by atoms with Gasteiger partial charge in [-0.25, -0.2) is 4.21 Å². The number of rotatable bonds is 2. The van der Waals surface area contributed by atoms with E-state index in [1.165, 1.54) is 0 Å². The van der Waals surface area contributed by atoms with Crippen LogP contribution in [-0.2, 0) is 9.73 Å². The van der Waals surface area contributed by atoms with Crippen LogP contribution >= 0.6 is 15.9 Å². The molecular formula is C10H11BrN4OS. The first kappa shape index (κ1) is 12.3. The molecule has 0 aliphatic carbocycles. The lowest BCUT2D eigenvalue weighted by atomic mass is 10.2. The molecule has 0 saturated carbocycles. The highest BCUT2D eigenvalue weighted by Gasteiger charge is 2.05. The van der Waals surface area contributed by atoms with Gasteiger partial charge in [-0.15, -0.1) is 5.10 Å². The first-order chi connectivity index (χ1) is 7.94. The van der Waals surface area contributed by atoms with E-state index in [1.807, 2.05) is 24.3 Å². The summed E-state index contributed by atoms with van der Waals surface area (Å²) in [7, 11) is -2.23. The third-order valence-electron chi connectivity index (χ3n) is 1.89. The molecule has 0 bridgehead atoms. The van der Waals surface area contributed by atoms with Crippen molar-refractivity contribution in [2.45, 2.75) is 0 Å². The van der Waals surface area contributed by atoms with Crippen molar-refractivity contribution >= 4 is 31.6 Å². The highest BCUT2D eigenvalue weighted by molar-refractivity contribution is 9.10. The minimum atomic E-state index is -2.23. The van der Waals surface area contributed by atoms with Crippen molar-refractivity contribution in [1.82, 2.24) is 15.2 Å². The zero-order valence-electron chi connectivity index (χ0n) is 9.35. The van der Waals surface area contributed by atoms with Gasteiger partial charge < -0.3 is 0 Å². The molecule has 0 unspecified atom stereocenters. The Labute approximate surface area is 108 Å². The Morgan fingerprint density at radius 2 is 1.94 bits per heavy atom. The maximum atomic E-state index is 11.5. The fraction of sp³-hybridized carbons (Fsp3) is 0.200. The zero-order chi connectivity index (χ0) is 12.5. The highest BCUT2D eigenvalue weighted by atomic mass is 79.9. The van der Waals surface area contributed by atoms with E-state index in [1.54, 1.807) is 12.5 Å². The molecule has 0 aliphatic heterocycles. The van der Waals surface area contributed by atoms with Gasteiger partial charge in [-0.1, -0.05) is 28.1 Å². The molecule has 0 aliphatic rings. The zero-order valence-corrected chi connectivity index (χ0v) is 11.7. The molecule has 17 heavy (non-hydrogen) atoms. The second-order valence-corrected chi connectivity index (χ2v) is 7.22. The average Bonchev–Trinajstić information content (AvgIpc) is 2.64. The monoisotopic (exact) mass is 314 g/mol. The largest absolute Gasteiger partial charge is 0.276 e. The summed E-state index contributed by atoms with van der Waals surface area (Å²) in [5, 5.41) is 6.68. The van der Waals surface area contributed by atoms with E-state index < -0.39 is 9.73 Å². The number of aromatic amines is 1. The number of hydrogen-bond donors (Lipinski definition) is 1. The molecule has 1 heterocycles. The van der Waals surface area contributed by atoms with Crippen molar-refractivity contribution in [3.05, 3.63) is 28.7 Å². The van der Waals surface area contributed by atoms with Crippen molar-refractivity contribution in [3.63, 3.8) is 0 Å². The number of nitrogens with zero attached hydrogens (tertiary/aromatic N) is 3. The van der Waals surface area contributed by atoms with Crippen molar-refractivity contribution in [2.24, 2.45) is 4.36 Å². The smallest absolute Gasteiger partial charge is 0.257 e. The Balaban J connectivity index is 2.37. The van der Waals surface area contributed by atoms with Gasteiger partial charge in [-0.3, -0.25) is 5.10 Å². The van der Waals surface area contributed by atoms with E-state index in [0.29, 0.717) is 5.82 Å². The Bertz CT molecular complexity index is 633. The van der Waals surface area contributed by atoms with Crippen LogP contribution in [0.5, 0.6) is 0 Å². The maximum absolute atomic E-state index is 11.5. The minimum Gasteiger partial charge on any atom is -0.257 e. The lowest BCUT2D eigenvalue weighted by molar-refractivity contribution is 0.684. The van der Waals surface area contributed by atoms with Crippen LogP contribution in [0.25, 0.3) is 11.4 Å². The second-order valence-electron chi connectivity index (χ2n) is 3.76. The van der Waals surface area contributed by atoms with E-state index in [2.05, 4.69) is 35.5 Å². The lowest BCUT2D eigenvalue weighted by Crippen LogP contribution is -1.89. The fourth-order valence-corrected chi connectivity index (χ4v) is 1.97. The van der Waals surface area contributed by atoms with Crippen LogP contribution in [0.4, 0.5) is 5.95 Å². The van der Waals surface area contributed by atoms with E-state index in [-0.39, 0.29) is 5.95 Å². The van der Waals surface area contributed by atoms with Gasteiger partial charge in [-0.2, -0.15) is 9.35 Å². The third-order valence-corrected chi connectivity index (χ3v) is 3.02. The van der Waals surface area contributed by atoms with Crippen LogP contribution in [0.3, 0.4) is 0 Å². The Morgan fingerprint density at radius 3 is 2.53 bits per heavy atom. The SMILES string of the molecule is CS(C)(=O)=Nc1n[nH]c(-c2ccc(Br)cc2)n1. The number of aromatic nitrogens is 3. The topological polar surface area (TPSA) is 71.0 Å². The fourth-order valence-electron chi connectivity index (χ4n) is 1.23. The van der Waals surface area contributed by atoms with Crippen LogP contribution < -0.4 is 0 Å². The highest BCUT2D eigenvalue weighted by Crippen LogP contribution is 2.20. The quantitative estimate of drug-likeness (QED) is 0.926. The third kappa shape index (κ3) is 3.37. The maximum Gasteiger partial charge on any atom is 0.276 e. The second kappa shape index (κ2) is 4.58. The molecule has 1 aromatic heterocycles. The molecule has 0 spiro atoms. The van der Waals surface area contributed by atoms with Gasteiger partial charge in [0.25, 0.3) is 5.95 Å². The van der Waals surface area contributed by atoms with Crippen molar-refractivity contribution in [3.8, 4) is 11.4 Å². The molecule has 1 aromatic carbocycles. The Morgan fingerprint density at radius 1 is 1.29 bits per heavy atom. The van der Waals surface area contributed by atoms with E-state index >= 15 is 0 Å². The Kier molecular flexibility index (Phi) is 3.30. The van der Waals surface area contributed by atoms with Gasteiger partial charge >= 0.3 is 0 Å². The summed E-state index contributed by atoms with van der Waals surface area (Å²) in [6.07, 6.45) is 3.09. The van der Waals surface area contributed by atoms with Crippen LogP contribution in [0, 0.1) is 0 Å². The van der Waals surface area contributed by atoms with Crippen LogP contribution in [0.1, 0.15) is 0 Å². The van der Waals surface area contributed by atoms with Crippen LogP contribution in [0.2, 0.25) is 0 Å². The molecule has 0 fully saturated rings. The predicted molar refractivity (Wildman–Crippen MR) is 71.6 cm³/mol. The molecule has 90 valence electrons. The standard InChI is InChI=1S/C10H11BrN4OS/c1-17(2,16)15-10-12-9(13-14-10)7-3-5-8(11)6-4-7/h3-6H,1-2H3,(H,12,13,14). The molecule has 0 radical (unpaired) electrons. The summed E-state index contributed by atoms with van der Waals surface area (Å²) in [5.74, 6) is 0.831. The predicted octanol–water partition coefficient (Wildman–Crippen LogP) is 2.59. The Hall–Kier alpha value is -1.21. The van der Waals surface area contributed by atoms with Crippen molar-refractivity contribution < 1.29 is 4.21 Å². The van der Waals surface area contributed by atoms with E-state index in [9.17, 15) is 4.21 Å². The van der Waals surface area contributed by atoms with Crippen LogP contribution in [0.15, 0.2) is 33.1 Å². The normalized spacial score (nSPS) is 11.5.